The number of carbonyl (C=O) groups is 2. The minimum atomic E-state index is -1.11. The summed E-state index contributed by atoms with van der Waals surface area (Å²) >= 11 is 0. The molecule has 0 radical (unpaired) electrons. The molecular weight excluding hydrogens is 262 g/mol. The molecule has 6 heteroatoms. The highest BCUT2D eigenvalue weighted by Crippen LogP contribution is 2.30. The van der Waals surface area contributed by atoms with Crippen LogP contribution in [0, 0.1) is 0 Å². The van der Waals surface area contributed by atoms with Gasteiger partial charge in [-0.05, 0) is 25.0 Å². The Morgan fingerprint density at radius 3 is 2.70 bits per heavy atom. The highest BCUT2D eigenvalue weighted by atomic mass is 16.4. The molecule has 0 spiro atoms. The first-order chi connectivity index (χ1) is 9.65. The molecular formula is C14H13NO5. The van der Waals surface area contributed by atoms with Gasteiger partial charge < -0.3 is 18.8 Å². The zero-order chi connectivity index (χ0) is 14.1. The molecule has 1 N–H and O–H groups in total. The van der Waals surface area contributed by atoms with Crippen LogP contribution in [0.25, 0.3) is 0 Å². The Morgan fingerprint density at radius 2 is 2.15 bits per heavy atom. The number of nitrogens with zero attached hydrogens (tertiary/aromatic N) is 1. The van der Waals surface area contributed by atoms with Crippen molar-refractivity contribution in [2.45, 2.75) is 25.4 Å². The number of amides is 1. The molecule has 2 aromatic rings. The normalized spacial score (nSPS) is 14.2. The van der Waals surface area contributed by atoms with E-state index in [1.807, 2.05) is 0 Å². The summed E-state index contributed by atoms with van der Waals surface area (Å²) in [5.74, 6) is -0.690. The van der Waals surface area contributed by atoms with Crippen molar-refractivity contribution in [2.75, 3.05) is 0 Å². The Bertz CT molecular complexity index is 624. The summed E-state index contributed by atoms with van der Waals surface area (Å²) in [5, 5.41) is 8.85. The third kappa shape index (κ3) is 2.45. The second-order valence-electron chi connectivity index (χ2n) is 4.75. The molecule has 3 rings (SSSR count). The van der Waals surface area contributed by atoms with Crippen molar-refractivity contribution in [1.29, 1.82) is 0 Å². The monoisotopic (exact) mass is 275 g/mol. The van der Waals surface area contributed by atoms with Gasteiger partial charge in [0.1, 0.15) is 12.0 Å². The summed E-state index contributed by atoms with van der Waals surface area (Å²) in [5.41, 5.74) is -0.0258. The van der Waals surface area contributed by atoms with E-state index >= 15 is 0 Å². The molecule has 0 unspecified atom stereocenters. The molecule has 6 nitrogen and oxygen atoms in total. The van der Waals surface area contributed by atoms with Crippen LogP contribution in [0.1, 0.15) is 39.5 Å². The van der Waals surface area contributed by atoms with Gasteiger partial charge in [-0.3, -0.25) is 4.79 Å². The second kappa shape index (κ2) is 4.88. The predicted molar refractivity (Wildman–Crippen MR) is 67.3 cm³/mol. The van der Waals surface area contributed by atoms with E-state index in [0.29, 0.717) is 12.3 Å². The van der Waals surface area contributed by atoms with Crippen LogP contribution in [-0.4, -0.2) is 27.9 Å². The summed E-state index contributed by atoms with van der Waals surface area (Å²) in [6.45, 7) is 0.361. The van der Waals surface area contributed by atoms with Crippen molar-refractivity contribution in [3.63, 3.8) is 0 Å². The summed E-state index contributed by atoms with van der Waals surface area (Å²) in [6.07, 6.45) is 4.52. The largest absolute Gasteiger partial charge is 0.478 e. The maximum atomic E-state index is 12.4. The third-order valence-corrected chi connectivity index (χ3v) is 3.21. The lowest BCUT2D eigenvalue weighted by Crippen LogP contribution is -2.32. The first kappa shape index (κ1) is 12.5. The Hall–Kier alpha value is -2.50. The molecule has 0 saturated heterocycles. The van der Waals surface area contributed by atoms with Crippen molar-refractivity contribution in [2.24, 2.45) is 0 Å². The fraction of sp³-hybridized carbons (Fsp3) is 0.286. The molecule has 1 aliphatic rings. The van der Waals surface area contributed by atoms with Crippen LogP contribution in [-0.2, 0) is 6.54 Å². The molecule has 2 aromatic heterocycles. The Balaban J connectivity index is 1.79. The molecule has 0 atom stereocenters. The predicted octanol–water partition coefficient (Wildman–Crippen LogP) is 2.38. The molecule has 104 valence electrons. The maximum Gasteiger partial charge on any atom is 0.338 e. The Kier molecular flexibility index (Phi) is 3.06. The Morgan fingerprint density at radius 1 is 1.35 bits per heavy atom. The van der Waals surface area contributed by atoms with Gasteiger partial charge in [-0.15, -0.1) is 0 Å². The number of carboxylic acid groups (broad SMARTS) is 1. The molecule has 2 heterocycles. The summed E-state index contributed by atoms with van der Waals surface area (Å²) in [7, 11) is 0. The van der Waals surface area contributed by atoms with Gasteiger partial charge in [-0.25, -0.2) is 4.79 Å². The van der Waals surface area contributed by atoms with E-state index in [-0.39, 0.29) is 23.3 Å². The first-order valence-corrected chi connectivity index (χ1v) is 6.30. The van der Waals surface area contributed by atoms with Gasteiger partial charge in [-0.1, -0.05) is 0 Å². The van der Waals surface area contributed by atoms with Gasteiger partial charge in [-0.2, -0.15) is 0 Å². The SMILES string of the molecule is O=C(O)c1coc(C(=O)N(Cc2ccco2)C2CC2)c1. The van der Waals surface area contributed by atoms with E-state index in [1.165, 1.54) is 6.07 Å². The van der Waals surface area contributed by atoms with Gasteiger partial charge in [0.25, 0.3) is 5.91 Å². The van der Waals surface area contributed by atoms with Crippen molar-refractivity contribution < 1.29 is 23.5 Å². The third-order valence-electron chi connectivity index (χ3n) is 3.21. The smallest absolute Gasteiger partial charge is 0.338 e. The fourth-order valence-corrected chi connectivity index (χ4v) is 2.03. The molecule has 20 heavy (non-hydrogen) atoms. The molecule has 0 bridgehead atoms. The standard InChI is InChI=1S/C14H13NO5/c16-13(12-6-9(8-20-12)14(17)18)15(10-3-4-10)7-11-2-1-5-19-11/h1-2,5-6,8,10H,3-4,7H2,(H,17,18). The minimum Gasteiger partial charge on any atom is -0.478 e. The van der Waals surface area contributed by atoms with E-state index in [1.54, 1.807) is 23.3 Å². The number of carboxylic acids is 1. The molecule has 0 aliphatic heterocycles. The lowest BCUT2D eigenvalue weighted by atomic mass is 10.3. The van der Waals surface area contributed by atoms with Gasteiger partial charge in [0.05, 0.1) is 18.4 Å². The van der Waals surface area contributed by atoms with Gasteiger partial charge >= 0.3 is 5.97 Å². The van der Waals surface area contributed by atoms with Crippen LogP contribution in [0.3, 0.4) is 0 Å². The van der Waals surface area contributed by atoms with Crippen LogP contribution < -0.4 is 0 Å². The number of rotatable bonds is 5. The number of hydrogen-bond donors (Lipinski definition) is 1. The van der Waals surface area contributed by atoms with Crippen molar-refractivity contribution in [3.05, 3.63) is 47.8 Å². The molecule has 0 aromatic carbocycles. The lowest BCUT2D eigenvalue weighted by Gasteiger charge is -2.19. The highest BCUT2D eigenvalue weighted by Gasteiger charge is 2.35. The number of furan rings is 2. The van der Waals surface area contributed by atoms with Crippen LogP contribution in [0.2, 0.25) is 0 Å². The maximum absolute atomic E-state index is 12.4. The van der Waals surface area contributed by atoms with E-state index in [0.717, 1.165) is 19.1 Å². The zero-order valence-electron chi connectivity index (χ0n) is 10.6. The van der Waals surface area contributed by atoms with E-state index in [2.05, 4.69) is 0 Å². The van der Waals surface area contributed by atoms with Crippen LogP contribution in [0.4, 0.5) is 0 Å². The zero-order valence-corrected chi connectivity index (χ0v) is 10.6. The van der Waals surface area contributed by atoms with Crippen LogP contribution in [0.15, 0.2) is 39.6 Å². The summed E-state index contributed by atoms with van der Waals surface area (Å²) in [4.78, 5) is 24.9. The molecule has 1 saturated carbocycles. The lowest BCUT2D eigenvalue weighted by molar-refractivity contribution is 0.0680. The number of carbonyl (C=O) groups excluding carboxylic acids is 1. The van der Waals surface area contributed by atoms with Crippen LogP contribution >= 0.6 is 0 Å². The van der Waals surface area contributed by atoms with Crippen LogP contribution in [0.5, 0.6) is 0 Å². The van der Waals surface area contributed by atoms with E-state index in [9.17, 15) is 9.59 Å². The Labute approximate surface area is 114 Å². The quantitative estimate of drug-likeness (QED) is 0.905. The average Bonchev–Trinajstić information content (AvgIpc) is 2.95. The molecule has 1 amide bonds. The van der Waals surface area contributed by atoms with Crippen molar-refractivity contribution in [1.82, 2.24) is 4.90 Å². The van der Waals surface area contributed by atoms with Gasteiger partial charge in [0, 0.05) is 12.1 Å². The highest BCUT2D eigenvalue weighted by molar-refractivity contribution is 5.95. The van der Waals surface area contributed by atoms with Gasteiger partial charge in [0.15, 0.2) is 5.76 Å². The fourth-order valence-electron chi connectivity index (χ4n) is 2.03. The average molecular weight is 275 g/mol. The topological polar surface area (TPSA) is 83.9 Å². The van der Waals surface area contributed by atoms with Gasteiger partial charge in [0.2, 0.25) is 0 Å². The summed E-state index contributed by atoms with van der Waals surface area (Å²) in [6, 6.07) is 4.99. The van der Waals surface area contributed by atoms with Crippen molar-refractivity contribution in [3.8, 4) is 0 Å². The van der Waals surface area contributed by atoms with E-state index in [4.69, 9.17) is 13.9 Å². The molecule has 1 fully saturated rings. The second-order valence-corrected chi connectivity index (χ2v) is 4.75. The number of hydrogen-bond acceptors (Lipinski definition) is 4. The summed E-state index contributed by atoms with van der Waals surface area (Å²) < 4.78 is 10.3. The minimum absolute atomic E-state index is 0.0258. The first-order valence-electron chi connectivity index (χ1n) is 6.30. The molecule has 1 aliphatic carbocycles. The van der Waals surface area contributed by atoms with E-state index < -0.39 is 5.97 Å². The number of aromatic carboxylic acids is 1. The van der Waals surface area contributed by atoms with Crippen molar-refractivity contribution >= 4 is 11.9 Å².